The van der Waals surface area contributed by atoms with Gasteiger partial charge in [0, 0.05) is 18.1 Å². The zero-order valence-corrected chi connectivity index (χ0v) is 12.0. The number of hydrogen-bond acceptors (Lipinski definition) is 5. The summed E-state index contributed by atoms with van der Waals surface area (Å²) in [5.41, 5.74) is -0.0161. The van der Waals surface area contributed by atoms with Crippen molar-refractivity contribution in [3.63, 3.8) is 0 Å². The first-order valence-corrected chi connectivity index (χ1v) is 6.43. The van der Waals surface area contributed by atoms with E-state index in [1.54, 1.807) is 13.8 Å². The van der Waals surface area contributed by atoms with Crippen molar-refractivity contribution in [1.29, 1.82) is 0 Å². The minimum Gasteiger partial charge on any atom is -0.455 e. The number of carbonyl (C=O) groups excluding carboxylic acids is 1. The molecule has 0 aliphatic rings. The summed E-state index contributed by atoms with van der Waals surface area (Å²) < 4.78 is 10.8. The molecule has 0 radical (unpaired) electrons. The van der Waals surface area contributed by atoms with Crippen LogP contribution in [0.1, 0.15) is 27.7 Å². The predicted octanol–water partition coefficient (Wildman–Crippen LogP) is 3.15. The fourth-order valence-electron chi connectivity index (χ4n) is 1.33. The Kier molecular flexibility index (Phi) is 5.49. The van der Waals surface area contributed by atoms with Gasteiger partial charge < -0.3 is 9.47 Å². The Labute approximate surface area is 117 Å². The van der Waals surface area contributed by atoms with Crippen LogP contribution in [0, 0.1) is 22.0 Å². The molecular weight excluding hydrogens is 262 g/mol. The largest absolute Gasteiger partial charge is 0.455 e. The molecular formula is C14H19NO5. The van der Waals surface area contributed by atoms with Crippen molar-refractivity contribution in [3.8, 4) is 5.75 Å². The predicted molar refractivity (Wildman–Crippen MR) is 73.3 cm³/mol. The molecule has 0 amide bonds. The summed E-state index contributed by atoms with van der Waals surface area (Å²) in [7, 11) is 0. The summed E-state index contributed by atoms with van der Waals surface area (Å²) in [4.78, 5) is 21.7. The second-order valence-electron chi connectivity index (χ2n) is 5.07. The first-order chi connectivity index (χ1) is 9.31. The van der Waals surface area contributed by atoms with Gasteiger partial charge in [0.2, 0.25) is 6.29 Å². The summed E-state index contributed by atoms with van der Waals surface area (Å²) in [6.07, 6.45) is -0.716. The molecule has 1 atom stereocenters. The third-order valence-electron chi connectivity index (χ3n) is 2.55. The van der Waals surface area contributed by atoms with Crippen LogP contribution in [-0.4, -0.2) is 17.2 Å². The molecule has 1 unspecified atom stereocenters. The number of hydrogen-bond donors (Lipinski definition) is 0. The van der Waals surface area contributed by atoms with E-state index in [2.05, 4.69) is 0 Å². The van der Waals surface area contributed by atoms with Crippen LogP contribution in [0.25, 0.3) is 0 Å². The smallest absolute Gasteiger partial charge is 0.311 e. The van der Waals surface area contributed by atoms with Crippen LogP contribution in [0.5, 0.6) is 5.75 Å². The Morgan fingerprint density at radius 3 is 2.10 bits per heavy atom. The molecule has 0 spiro atoms. The molecule has 0 N–H and O–H groups in total. The highest BCUT2D eigenvalue weighted by Gasteiger charge is 2.22. The second kappa shape index (κ2) is 6.88. The van der Waals surface area contributed by atoms with E-state index in [0.29, 0.717) is 5.75 Å². The third-order valence-corrected chi connectivity index (χ3v) is 2.55. The van der Waals surface area contributed by atoms with E-state index in [0.717, 1.165) is 0 Å². The van der Waals surface area contributed by atoms with Crippen molar-refractivity contribution in [2.45, 2.75) is 34.0 Å². The van der Waals surface area contributed by atoms with E-state index < -0.39 is 11.2 Å². The molecule has 0 heterocycles. The van der Waals surface area contributed by atoms with Gasteiger partial charge in [0.25, 0.3) is 5.69 Å². The Hall–Kier alpha value is -2.11. The minimum absolute atomic E-state index is 0.0161. The van der Waals surface area contributed by atoms with E-state index in [-0.39, 0.29) is 23.5 Å². The van der Waals surface area contributed by atoms with Crippen LogP contribution in [0.15, 0.2) is 24.3 Å². The number of nitrogens with zero attached hydrogens (tertiary/aromatic N) is 1. The molecule has 6 nitrogen and oxygen atoms in total. The van der Waals surface area contributed by atoms with E-state index in [1.165, 1.54) is 24.3 Å². The molecule has 110 valence electrons. The Morgan fingerprint density at radius 2 is 1.70 bits per heavy atom. The number of non-ortho nitro benzene ring substituents is 1. The van der Waals surface area contributed by atoms with Gasteiger partial charge in [-0.05, 0) is 12.1 Å². The van der Waals surface area contributed by atoms with Gasteiger partial charge in [0.1, 0.15) is 5.75 Å². The van der Waals surface area contributed by atoms with Crippen molar-refractivity contribution >= 4 is 11.7 Å². The zero-order chi connectivity index (χ0) is 15.3. The first kappa shape index (κ1) is 15.9. The van der Waals surface area contributed by atoms with Crippen LogP contribution < -0.4 is 4.74 Å². The fourth-order valence-corrected chi connectivity index (χ4v) is 1.33. The molecule has 0 aliphatic carbocycles. The maximum Gasteiger partial charge on any atom is 0.311 e. The van der Waals surface area contributed by atoms with Gasteiger partial charge in [0.05, 0.1) is 10.8 Å². The summed E-state index contributed by atoms with van der Waals surface area (Å²) in [6.45, 7) is 7.21. The molecule has 0 bridgehead atoms. The van der Waals surface area contributed by atoms with Crippen molar-refractivity contribution in [2.24, 2.45) is 11.8 Å². The van der Waals surface area contributed by atoms with Crippen LogP contribution in [-0.2, 0) is 9.53 Å². The normalized spacial score (nSPS) is 12.3. The maximum atomic E-state index is 11.6. The van der Waals surface area contributed by atoms with Gasteiger partial charge >= 0.3 is 5.97 Å². The number of carbonyl (C=O) groups is 1. The average molecular weight is 281 g/mol. The van der Waals surface area contributed by atoms with Crippen LogP contribution >= 0.6 is 0 Å². The van der Waals surface area contributed by atoms with Gasteiger partial charge in [-0.2, -0.15) is 0 Å². The molecule has 1 aromatic rings. The molecule has 1 aromatic carbocycles. The Balaban J connectivity index is 2.75. The van der Waals surface area contributed by atoms with E-state index >= 15 is 0 Å². The minimum atomic E-state index is -0.716. The quantitative estimate of drug-likeness (QED) is 0.346. The van der Waals surface area contributed by atoms with E-state index in [1.807, 2.05) is 13.8 Å². The van der Waals surface area contributed by atoms with E-state index in [4.69, 9.17) is 9.47 Å². The van der Waals surface area contributed by atoms with Gasteiger partial charge in [-0.3, -0.25) is 14.9 Å². The molecule has 0 saturated heterocycles. The van der Waals surface area contributed by atoms with Crippen molar-refractivity contribution in [1.82, 2.24) is 0 Å². The number of benzene rings is 1. The van der Waals surface area contributed by atoms with Crippen molar-refractivity contribution in [2.75, 3.05) is 0 Å². The molecule has 0 aliphatic heterocycles. The fraction of sp³-hybridized carbons (Fsp3) is 0.500. The number of rotatable bonds is 6. The highest BCUT2D eigenvalue weighted by molar-refractivity contribution is 5.71. The van der Waals surface area contributed by atoms with E-state index in [9.17, 15) is 14.9 Å². The van der Waals surface area contributed by atoms with Crippen molar-refractivity contribution < 1.29 is 19.2 Å². The molecule has 0 saturated carbocycles. The Morgan fingerprint density at radius 1 is 1.15 bits per heavy atom. The third kappa shape index (κ3) is 4.53. The Bertz CT molecular complexity index is 467. The lowest BCUT2D eigenvalue weighted by molar-refractivity contribution is -0.384. The van der Waals surface area contributed by atoms with Crippen LogP contribution in [0.3, 0.4) is 0 Å². The number of nitro groups is 1. The highest BCUT2D eigenvalue weighted by atomic mass is 16.7. The molecule has 0 aromatic heterocycles. The number of ether oxygens (including phenoxy) is 2. The number of nitro benzene ring substituents is 1. The lowest BCUT2D eigenvalue weighted by Crippen LogP contribution is -2.31. The number of esters is 1. The summed E-state index contributed by atoms with van der Waals surface area (Å²) in [6, 6.07) is 5.65. The SMILES string of the molecule is CC(C)C(=O)OC(Oc1ccc([N+](=O)[O-])cc1)C(C)C. The molecule has 1 rings (SSSR count). The van der Waals surface area contributed by atoms with Gasteiger partial charge in [0.15, 0.2) is 0 Å². The van der Waals surface area contributed by atoms with Gasteiger partial charge in [-0.1, -0.05) is 27.7 Å². The zero-order valence-electron chi connectivity index (χ0n) is 12.0. The van der Waals surface area contributed by atoms with Gasteiger partial charge in [-0.15, -0.1) is 0 Å². The summed E-state index contributed by atoms with van der Waals surface area (Å²) >= 11 is 0. The highest BCUT2D eigenvalue weighted by Crippen LogP contribution is 2.21. The summed E-state index contributed by atoms with van der Waals surface area (Å²) in [5.74, 6) is -0.193. The summed E-state index contributed by atoms with van der Waals surface area (Å²) in [5, 5.41) is 10.6. The van der Waals surface area contributed by atoms with Crippen molar-refractivity contribution in [3.05, 3.63) is 34.4 Å². The topological polar surface area (TPSA) is 78.7 Å². The lowest BCUT2D eigenvalue weighted by atomic mass is 10.2. The maximum absolute atomic E-state index is 11.6. The molecule has 20 heavy (non-hydrogen) atoms. The first-order valence-electron chi connectivity index (χ1n) is 6.43. The lowest BCUT2D eigenvalue weighted by Gasteiger charge is -2.23. The standard InChI is InChI=1S/C14H19NO5/c1-9(2)13(16)20-14(10(3)4)19-12-7-5-11(6-8-12)15(17)18/h5-10,14H,1-4H3. The molecule has 0 fully saturated rings. The average Bonchev–Trinajstić information content (AvgIpc) is 2.38. The van der Waals surface area contributed by atoms with Crippen LogP contribution in [0.4, 0.5) is 5.69 Å². The van der Waals surface area contributed by atoms with Gasteiger partial charge in [-0.25, -0.2) is 0 Å². The second-order valence-corrected chi connectivity index (χ2v) is 5.07. The van der Waals surface area contributed by atoms with Crippen LogP contribution in [0.2, 0.25) is 0 Å². The molecule has 6 heteroatoms. The monoisotopic (exact) mass is 281 g/mol.